The van der Waals surface area contributed by atoms with Crippen molar-refractivity contribution in [1.82, 2.24) is 0 Å². The van der Waals surface area contributed by atoms with Crippen LogP contribution < -0.4 is 4.74 Å². The zero-order chi connectivity index (χ0) is 17.1. The molecular weight excluding hydrogens is 306 g/mol. The molecule has 24 heavy (non-hydrogen) atoms. The molecule has 3 rings (SSSR count). The Bertz CT molecular complexity index is 882. The van der Waals surface area contributed by atoms with Gasteiger partial charge in [0, 0.05) is 10.9 Å². The fourth-order valence-corrected chi connectivity index (χ4v) is 2.69. The third-order valence-corrected chi connectivity index (χ3v) is 4.02. The molecule has 0 spiro atoms. The van der Waals surface area contributed by atoms with Crippen LogP contribution in [-0.4, -0.2) is 6.61 Å². The van der Waals surface area contributed by atoms with Gasteiger partial charge in [0.25, 0.3) is 0 Å². The number of hydrogen-bond acceptors (Lipinski definition) is 1. The van der Waals surface area contributed by atoms with Gasteiger partial charge in [0.1, 0.15) is 12.4 Å². The second kappa shape index (κ2) is 6.83. The van der Waals surface area contributed by atoms with E-state index in [2.05, 4.69) is 6.58 Å². The maximum atomic E-state index is 14.5. The molecule has 0 fully saturated rings. The number of hydrogen-bond donors (Lipinski definition) is 0. The SMILES string of the molecule is C=CCOc1ccc(-c2cc3ccc(CC)cc3c(F)c2F)cc1. The molecule has 122 valence electrons. The van der Waals surface area contributed by atoms with E-state index < -0.39 is 11.6 Å². The molecule has 0 aromatic heterocycles. The van der Waals surface area contributed by atoms with E-state index in [4.69, 9.17) is 4.74 Å². The molecule has 1 nitrogen and oxygen atoms in total. The summed E-state index contributed by atoms with van der Waals surface area (Å²) in [6.45, 7) is 5.97. The Kier molecular flexibility index (Phi) is 4.61. The Morgan fingerprint density at radius 1 is 1.00 bits per heavy atom. The summed E-state index contributed by atoms with van der Waals surface area (Å²) in [7, 11) is 0. The highest BCUT2D eigenvalue weighted by molar-refractivity contribution is 5.89. The number of rotatable bonds is 5. The van der Waals surface area contributed by atoms with E-state index in [1.54, 1.807) is 42.5 Å². The summed E-state index contributed by atoms with van der Waals surface area (Å²) in [4.78, 5) is 0. The molecule has 3 aromatic rings. The minimum atomic E-state index is -0.824. The van der Waals surface area contributed by atoms with Gasteiger partial charge in [-0.1, -0.05) is 43.8 Å². The van der Waals surface area contributed by atoms with Crippen molar-refractivity contribution in [3.05, 3.63) is 78.4 Å². The fraction of sp³-hybridized carbons (Fsp3) is 0.143. The Morgan fingerprint density at radius 3 is 2.42 bits per heavy atom. The van der Waals surface area contributed by atoms with Crippen LogP contribution in [0.4, 0.5) is 8.78 Å². The highest BCUT2D eigenvalue weighted by atomic mass is 19.2. The van der Waals surface area contributed by atoms with Gasteiger partial charge in [0.05, 0.1) is 0 Å². The molecule has 0 aliphatic rings. The van der Waals surface area contributed by atoms with Crippen LogP contribution in [0.15, 0.2) is 61.2 Å². The maximum absolute atomic E-state index is 14.5. The molecule has 0 bridgehead atoms. The lowest BCUT2D eigenvalue weighted by Gasteiger charge is -2.10. The van der Waals surface area contributed by atoms with Crippen LogP contribution >= 0.6 is 0 Å². The normalized spacial score (nSPS) is 10.8. The van der Waals surface area contributed by atoms with Crippen LogP contribution in [0, 0.1) is 11.6 Å². The van der Waals surface area contributed by atoms with Gasteiger partial charge in [-0.05, 0) is 47.2 Å². The van der Waals surface area contributed by atoms with Crippen LogP contribution in [0.1, 0.15) is 12.5 Å². The first-order valence-corrected chi connectivity index (χ1v) is 7.88. The third kappa shape index (κ3) is 3.02. The summed E-state index contributed by atoms with van der Waals surface area (Å²) in [5, 5.41) is 1.01. The summed E-state index contributed by atoms with van der Waals surface area (Å²) >= 11 is 0. The summed E-state index contributed by atoms with van der Waals surface area (Å²) < 4.78 is 34.4. The Hall–Kier alpha value is -2.68. The largest absolute Gasteiger partial charge is 0.490 e. The van der Waals surface area contributed by atoms with E-state index in [1.807, 2.05) is 19.1 Å². The molecule has 0 unspecified atom stereocenters. The first kappa shape index (κ1) is 16.2. The first-order valence-electron chi connectivity index (χ1n) is 7.88. The minimum absolute atomic E-state index is 0.250. The van der Waals surface area contributed by atoms with Crippen molar-refractivity contribution in [3.63, 3.8) is 0 Å². The number of ether oxygens (including phenoxy) is 1. The molecule has 0 saturated carbocycles. The van der Waals surface area contributed by atoms with Crippen LogP contribution in [0.3, 0.4) is 0 Å². The molecule has 0 atom stereocenters. The van der Waals surface area contributed by atoms with E-state index in [0.29, 0.717) is 28.7 Å². The van der Waals surface area contributed by atoms with Gasteiger partial charge in [0.15, 0.2) is 11.6 Å². The third-order valence-electron chi connectivity index (χ3n) is 4.02. The topological polar surface area (TPSA) is 9.23 Å². The van der Waals surface area contributed by atoms with Gasteiger partial charge in [-0.2, -0.15) is 0 Å². The number of halogens is 2. The summed E-state index contributed by atoms with van der Waals surface area (Å²) in [5.74, 6) is -0.965. The van der Waals surface area contributed by atoms with E-state index in [-0.39, 0.29) is 5.56 Å². The standard InChI is InChI=1S/C21H18F2O/c1-3-11-24-17-9-7-15(8-10-17)19-13-16-6-5-14(4-2)12-18(16)20(22)21(19)23/h3,5-10,12-13H,1,4,11H2,2H3. The van der Waals surface area contributed by atoms with Crippen LogP contribution in [0.5, 0.6) is 5.75 Å². The van der Waals surface area contributed by atoms with Gasteiger partial charge in [-0.15, -0.1) is 0 Å². The highest BCUT2D eigenvalue weighted by Gasteiger charge is 2.15. The average Bonchev–Trinajstić information content (AvgIpc) is 2.63. The number of fused-ring (bicyclic) bond motifs is 1. The number of benzene rings is 3. The van der Waals surface area contributed by atoms with Crippen LogP contribution in [0.25, 0.3) is 21.9 Å². The smallest absolute Gasteiger partial charge is 0.167 e. The van der Waals surface area contributed by atoms with Crippen molar-refractivity contribution in [2.24, 2.45) is 0 Å². The van der Waals surface area contributed by atoms with E-state index in [1.165, 1.54) is 0 Å². The second-order valence-electron chi connectivity index (χ2n) is 5.59. The Balaban J connectivity index is 2.06. The van der Waals surface area contributed by atoms with E-state index in [9.17, 15) is 8.78 Å². The molecule has 0 aliphatic carbocycles. The fourth-order valence-electron chi connectivity index (χ4n) is 2.69. The van der Waals surface area contributed by atoms with Crippen molar-refractivity contribution < 1.29 is 13.5 Å². The lowest BCUT2D eigenvalue weighted by Crippen LogP contribution is -1.95. The molecule has 0 aliphatic heterocycles. The summed E-state index contributed by atoms with van der Waals surface area (Å²) in [5.41, 5.74) is 1.84. The van der Waals surface area contributed by atoms with Crippen molar-refractivity contribution in [2.75, 3.05) is 6.61 Å². The first-order chi connectivity index (χ1) is 11.6. The molecule has 0 N–H and O–H groups in total. The van der Waals surface area contributed by atoms with Crippen molar-refractivity contribution in [3.8, 4) is 16.9 Å². The lowest BCUT2D eigenvalue weighted by atomic mass is 9.98. The van der Waals surface area contributed by atoms with Gasteiger partial charge < -0.3 is 4.74 Å². The predicted octanol–water partition coefficient (Wildman–Crippen LogP) is 5.91. The zero-order valence-electron chi connectivity index (χ0n) is 13.5. The molecule has 3 aromatic carbocycles. The molecular formula is C21H18F2O. The molecule has 0 amide bonds. The van der Waals surface area contributed by atoms with Gasteiger partial charge in [-0.25, -0.2) is 8.78 Å². The zero-order valence-corrected chi connectivity index (χ0v) is 13.5. The maximum Gasteiger partial charge on any atom is 0.167 e. The highest BCUT2D eigenvalue weighted by Crippen LogP contribution is 2.32. The van der Waals surface area contributed by atoms with E-state index >= 15 is 0 Å². The number of aryl methyl sites for hydroxylation is 1. The Labute approximate surface area is 140 Å². The van der Waals surface area contributed by atoms with Gasteiger partial charge in [0.2, 0.25) is 0 Å². The van der Waals surface area contributed by atoms with Crippen molar-refractivity contribution >= 4 is 10.8 Å². The molecule has 3 heteroatoms. The molecule has 0 radical (unpaired) electrons. The van der Waals surface area contributed by atoms with Gasteiger partial charge >= 0.3 is 0 Å². The van der Waals surface area contributed by atoms with E-state index in [0.717, 1.165) is 12.0 Å². The minimum Gasteiger partial charge on any atom is -0.490 e. The van der Waals surface area contributed by atoms with Crippen molar-refractivity contribution in [1.29, 1.82) is 0 Å². The Morgan fingerprint density at radius 2 is 1.75 bits per heavy atom. The molecule has 0 saturated heterocycles. The van der Waals surface area contributed by atoms with Crippen LogP contribution in [-0.2, 0) is 6.42 Å². The molecule has 0 heterocycles. The van der Waals surface area contributed by atoms with Gasteiger partial charge in [-0.3, -0.25) is 0 Å². The second-order valence-corrected chi connectivity index (χ2v) is 5.59. The monoisotopic (exact) mass is 324 g/mol. The predicted molar refractivity (Wildman–Crippen MR) is 94.4 cm³/mol. The average molecular weight is 324 g/mol. The summed E-state index contributed by atoms with van der Waals surface area (Å²) in [6, 6.07) is 14.1. The van der Waals surface area contributed by atoms with Crippen LogP contribution in [0.2, 0.25) is 0 Å². The summed E-state index contributed by atoms with van der Waals surface area (Å²) in [6.07, 6.45) is 2.43. The lowest BCUT2D eigenvalue weighted by molar-refractivity contribution is 0.363. The van der Waals surface area contributed by atoms with Crippen molar-refractivity contribution in [2.45, 2.75) is 13.3 Å². The quantitative estimate of drug-likeness (QED) is 0.530.